The first-order valence-electron chi connectivity index (χ1n) is 7.64. The van der Waals surface area contributed by atoms with Gasteiger partial charge in [0, 0.05) is 17.5 Å². The number of thiazole rings is 1. The van der Waals surface area contributed by atoms with E-state index >= 15 is 0 Å². The van der Waals surface area contributed by atoms with Crippen LogP contribution in [0, 0.1) is 11.3 Å². The Morgan fingerprint density at radius 3 is 2.72 bits per heavy atom. The molecule has 2 aromatic carbocycles. The van der Waals surface area contributed by atoms with Crippen LogP contribution in [0.3, 0.4) is 0 Å². The van der Waals surface area contributed by atoms with Gasteiger partial charge in [-0.3, -0.25) is 0 Å². The van der Waals surface area contributed by atoms with Crippen molar-refractivity contribution in [1.82, 2.24) is 4.98 Å². The Kier molecular flexibility index (Phi) is 5.39. The Bertz CT molecular complexity index is 900. The largest absolute Gasteiger partial charge is 0.456 e. The molecule has 6 heteroatoms. The van der Waals surface area contributed by atoms with Crippen LogP contribution in [-0.2, 0) is 17.9 Å². The highest BCUT2D eigenvalue weighted by molar-refractivity contribution is 7.13. The maximum Gasteiger partial charge on any atom is 0.358 e. The number of esters is 1. The molecule has 1 N–H and O–H groups in total. The van der Waals surface area contributed by atoms with Crippen molar-refractivity contribution in [3.8, 4) is 6.07 Å². The number of ether oxygens (including phenoxy) is 1. The van der Waals surface area contributed by atoms with Crippen molar-refractivity contribution in [2.24, 2.45) is 0 Å². The molecular weight excluding hydrogens is 334 g/mol. The van der Waals surface area contributed by atoms with Gasteiger partial charge in [0.1, 0.15) is 6.61 Å². The lowest BCUT2D eigenvalue weighted by molar-refractivity contribution is 0.0466. The summed E-state index contributed by atoms with van der Waals surface area (Å²) in [5.74, 6) is -0.503. The lowest BCUT2D eigenvalue weighted by Crippen LogP contribution is -2.07. The maximum absolute atomic E-state index is 12.1. The number of aromatic nitrogens is 1. The second-order valence-electron chi connectivity index (χ2n) is 5.22. The maximum atomic E-state index is 12.1. The number of rotatable bonds is 6. The molecule has 0 fully saturated rings. The first-order chi connectivity index (χ1) is 12.3. The highest BCUT2D eigenvalue weighted by Gasteiger charge is 2.13. The van der Waals surface area contributed by atoms with Crippen LogP contribution in [0.4, 0.5) is 5.13 Å². The van der Waals surface area contributed by atoms with E-state index in [1.807, 2.05) is 30.3 Å². The molecule has 0 bridgehead atoms. The van der Waals surface area contributed by atoms with E-state index in [1.54, 1.807) is 29.6 Å². The number of nitrogens with one attached hydrogen (secondary N) is 1. The van der Waals surface area contributed by atoms with Crippen LogP contribution in [0.15, 0.2) is 60.0 Å². The normalized spacial score (nSPS) is 10.0. The number of hydrogen-bond donors (Lipinski definition) is 1. The van der Waals surface area contributed by atoms with Gasteiger partial charge in [0.25, 0.3) is 0 Å². The minimum atomic E-state index is -0.503. The Labute approximate surface area is 149 Å². The zero-order chi connectivity index (χ0) is 17.5. The molecule has 0 unspecified atom stereocenters. The fourth-order valence-corrected chi connectivity index (χ4v) is 2.87. The van der Waals surface area contributed by atoms with Crippen molar-refractivity contribution in [1.29, 1.82) is 5.26 Å². The second-order valence-corrected chi connectivity index (χ2v) is 6.08. The fourth-order valence-electron chi connectivity index (χ4n) is 2.19. The predicted octanol–water partition coefficient (Wildman–Crippen LogP) is 3.98. The molecule has 0 radical (unpaired) electrons. The summed E-state index contributed by atoms with van der Waals surface area (Å²) in [5.41, 5.74) is 2.57. The molecule has 1 aromatic heterocycles. The Balaban J connectivity index is 1.56. The van der Waals surface area contributed by atoms with Crippen LogP contribution in [0.1, 0.15) is 27.2 Å². The van der Waals surface area contributed by atoms with Gasteiger partial charge in [-0.25, -0.2) is 9.78 Å². The molecule has 0 saturated heterocycles. The third-order valence-electron chi connectivity index (χ3n) is 3.50. The zero-order valence-electron chi connectivity index (χ0n) is 13.3. The zero-order valence-corrected chi connectivity index (χ0v) is 14.1. The van der Waals surface area contributed by atoms with Gasteiger partial charge in [0.05, 0.1) is 11.6 Å². The molecule has 0 atom stereocenters. The van der Waals surface area contributed by atoms with E-state index in [9.17, 15) is 4.79 Å². The van der Waals surface area contributed by atoms with Gasteiger partial charge in [0.15, 0.2) is 10.8 Å². The summed E-state index contributed by atoms with van der Waals surface area (Å²) in [4.78, 5) is 16.4. The van der Waals surface area contributed by atoms with E-state index in [2.05, 4.69) is 16.4 Å². The number of benzene rings is 2. The summed E-state index contributed by atoms with van der Waals surface area (Å²) in [7, 11) is 0. The Morgan fingerprint density at radius 1 is 1.16 bits per heavy atom. The van der Waals surface area contributed by atoms with Crippen molar-refractivity contribution in [3.05, 3.63) is 82.4 Å². The number of anilines is 1. The van der Waals surface area contributed by atoms with Gasteiger partial charge in [-0.05, 0) is 11.6 Å². The molecule has 0 saturated carbocycles. The average molecular weight is 349 g/mol. The molecule has 0 aliphatic rings. The van der Waals surface area contributed by atoms with E-state index < -0.39 is 5.97 Å². The van der Waals surface area contributed by atoms with E-state index in [-0.39, 0.29) is 12.3 Å². The van der Waals surface area contributed by atoms with Crippen molar-refractivity contribution in [2.45, 2.75) is 13.2 Å². The Morgan fingerprint density at radius 2 is 1.92 bits per heavy atom. The van der Waals surface area contributed by atoms with E-state index in [0.717, 1.165) is 5.56 Å². The monoisotopic (exact) mass is 349 g/mol. The summed E-state index contributed by atoms with van der Waals surface area (Å²) in [6, 6.07) is 19.1. The molecule has 25 heavy (non-hydrogen) atoms. The highest BCUT2D eigenvalue weighted by atomic mass is 32.1. The summed E-state index contributed by atoms with van der Waals surface area (Å²) >= 11 is 1.35. The van der Waals surface area contributed by atoms with Crippen molar-refractivity contribution >= 4 is 22.4 Å². The van der Waals surface area contributed by atoms with Crippen molar-refractivity contribution < 1.29 is 9.53 Å². The fraction of sp³-hybridized carbons (Fsp3) is 0.105. The van der Waals surface area contributed by atoms with Crippen LogP contribution < -0.4 is 5.32 Å². The van der Waals surface area contributed by atoms with Crippen LogP contribution in [-0.4, -0.2) is 11.0 Å². The molecule has 0 aliphatic carbocycles. The first-order valence-corrected chi connectivity index (χ1v) is 8.52. The second kappa shape index (κ2) is 8.08. The number of nitrogens with zero attached hydrogens (tertiary/aromatic N) is 2. The predicted molar refractivity (Wildman–Crippen MR) is 96.2 cm³/mol. The quantitative estimate of drug-likeness (QED) is 0.681. The third kappa shape index (κ3) is 4.43. The van der Waals surface area contributed by atoms with E-state index in [4.69, 9.17) is 10.00 Å². The molecular formula is C19H15N3O2S. The summed E-state index contributed by atoms with van der Waals surface area (Å²) in [6.07, 6.45) is 0. The van der Waals surface area contributed by atoms with Gasteiger partial charge in [-0.1, -0.05) is 48.5 Å². The third-order valence-corrected chi connectivity index (χ3v) is 4.30. The van der Waals surface area contributed by atoms with Crippen LogP contribution in [0.25, 0.3) is 0 Å². The van der Waals surface area contributed by atoms with Gasteiger partial charge in [-0.15, -0.1) is 11.3 Å². The lowest BCUT2D eigenvalue weighted by Gasteiger charge is -2.05. The van der Waals surface area contributed by atoms with E-state index in [1.165, 1.54) is 11.3 Å². The van der Waals surface area contributed by atoms with Crippen molar-refractivity contribution in [2.75, 3.05) is 5.32 Å². The molecule has 0 amide bonds. The van der Waals surface area contributed by atoms with Crippen molar-refractivity contribution in [3.63, 3.8) is 0 Å². The minimum absolute atomic E-state index is 0.0485. The smallest absolute Gasteiger partial charge is 0.358 e. The van der Waals surface area contributed by atoms with E-state index in [0.29, 0.717) is 22.8 Å². The summed E-state index contributed by atoms with van der Waals surface area (Å²) < 4.78 is 5.26. The summed E-state index contributed by atoms with van der Waals surface area (Å²) in [5, 5.41) is 14.6. The van der Waals surface area contributed by atoms with Gasteiger partial charge >= 0.3 is 5.97 Å². The lowest BCUT2D eigenvalue weighted by atomic mass is 10.1. The SMILES string of the molecule is N#Cc1ccccc1COC(=O)c1csc(NCc2ccccc2)n1. The molecule has 1 heterocycles. The standard InChI is InChI=1S/C19H15N3O2S/c20-10-15-8-4-5-9-16(15)12-24-18(23)17-13-25-19(22-17)21-11-14-6-2-1-3-7-14/h1-9,13H,11-12H2,(H,21,22). The number of hydrogen-bond acceptors (Lipinski definition) is 6. The number of carbonyl (C=O) groups is 1. The minimum Gasteiger partial charge on any atom is -0.456 e. The number of carbonyl (C=O) groups excluding carboxylic acids is 1. The van der Waals surface area contributed by atoms with Gasteiger partial charge < -0.3 is 10.1 Å². The average Bonchev–Trinajstić information content (AvgIpc) is 3.14. The molecule has 124 valence electrons. The van der Waals surface area contributed by atoms with Crippen LogP contribution >= 0.6 is 11.3 Å². The van der Waals surface area contributed by atoms with Gasteiger partial charge in [0.2, 0.25) is 0 Å². The molecule has 3 aromatic rings. The molecule has 3 rings (SSSR count). The molecule has 0 aliphatic heterocycles. The van der Waals surface area contributed by atoms with Crippen LogP contribution in [0.2, 0.25) is 0 Å². The molecule has 5 nitrogen and oxygen atoms in total. The molecule has 0 spiro atoms. The summed E-state index contributed by atoms with van der Waals surface area (Å²) in [6.45, 7) is 0.686. The van der Waals surface area contributed by atoms with Gasteiger partial charge in [-0.2, -0.15) is 5.26 Å². The topological polar surface area (TPSA) is 75.0 Å². The van der Waals surface area contributed by atoms with Crippen LogP contribution in [0.5, 0.6) is 0 Å². The highest BCUT2D eigenvalue weighted by Crippen LogP contribution is 2.18. The first kappa shape index (κ1) is 16.7. The number of nitriles is 1. The Hall–Kier alpha value is -3.17.